The van der Waals surface area contributed by atoms with Gasteiger partial charge in [0.2, 0.25) is 0 Å². The number of benzene rings is 1. The molecule has 3 rings (SSSR count). The maximum atomic E-state index is 5.65. The van der Waals surface area contributed by atoms with Gasteiger partial charge in [-0.2, -0.15) is 0 Å². The van der Waals surface area contributed by atoms with Gasteiger partial charge < -0.3 is 9.73 Å². The average Bonchev–Trinajstić information content (AvgIpc) is 3.15. The van der Waals surface area contributed by atoms with E-state index in [0.717, 1.165) is 18.1 Å². The Morgan fingerprint density at radius 2 is 1.86 bits per heavy atom. The fraction of sp³-hybridized carbons (Fsp3) is 0.222. The SMILES string of the molecule is Cc1ccc(C(C)NCc2ccc(-c3ccccc3)s2)o1. The predicted octanol–water partition coefficient (Wildman–Crippen LogP) is 5.17. The van der Waals surface area contributed by atoms with Crippen molar-refractivity contribution in [3.05, 3.63) is 71.0 Å². The summed E-state index contributed by atoms with van der Waals surface area (Å²) in [6, 6.07) is 19.2. The van der Waals surface area contributed by atoms with Gasteiger partial charge in [-0.3, -0.25) is 0 Å². The molecule has 3 aromatic rings. The summed E-state index contributed by atoms with van der Waals surface area (Å²) in [5.74, 6) is 1.95. The molecule has 0 amide bonds. The molecule has 1 atom stereocenters. The third-order valence-electron chi connectivity index (χ3n) is 3.49. The van der Waals surface area contributed by atoms with Crippen LogP contribution in [0.1, 0.15) is 29.4 Å². The van der Waals surface area contributed by atoms with E-state index in [1.807, 2.05) is 36.5 Å². The van der Waals surface area contributed by atoms with E-state index in [1.54, 1.807) is 0 Å². The highest BCUT2D eigenvalue weighted by atomic mass is 32.1. The topological polar surface area (TPSA) is 25.2 Å². The van der Waals surface area contributed by atoms with E-state index in [4.69, 9.17) is 4.42 Å². The third kappa shape index (κ3) is 3.43. The molecule has 0 aliphatic heterocycles. The average molecular weight is 297 g/mol. The lowest BCUT2D eigenvalue weighted by Gasteiger charge is -2.10. The number of nitrogens with one attached hydrogen (secondary N) is 1. The molecule has 0 aliphatic rings. The maximum absolute atomic E-state index is 5.65. The smallest absolute Gasteiger partial charge is 0.120 e. The Kier molecular flexibility index (Phi) is 4.23. The molecule has 0 saturated carbocycles. The van der Waals surface area contributed by atoms with Gasteiger partial charge in [0.1, 0.15) is 11.5 Å². The van der Waals surface area contributed by atoms with Crippen LogP contribution in [0.15, 0.2) is 59.0 Å². The molecule has 108 valence electrons. The molecular formula is C18H19NOS. The number of hydrogen-bond acceptors (Lipinski definition) is 3. The minimum atomic E-state index is 0.223. The second-order valence-corrected chi connectivity index (χ2v) is 6.35. The van der Waals surface area contributed by atoms with Gasteiger partial charge in [0.05, 0.1) is 6.04 Å². The molecule has 21 heavy (non-hydrogen) atoms. The number of furan rings is 1. The zero-order chi connectivity index (χ0) is 14.7. The zero-order valence-corrected chi connectivity index (χ0v) is 13.1. The van der Waals surface area contributed by atoms with Crippen LogP contribution < -0.4 is 5.32 Å². The Morgan fingerprint density at radius 1 is 1.05 bits per heavy atom. The van der Waals surface area contributed by atoms with Crippen LogP contribution in [0.25, 0.3) is 10.4 Å². The Hall–Kier alpha value is -1.84. The minimum Gasteiger partial charge on any atom is -0.465 e. The lowest BCUT2D eigenvalue weighted by molar-refractivity contribution is 0.416. The largest absolute Gasteiger partial charge is 0.465 e. The monoisotopic (exact) mass is 297 g/mol. The van der Waals surface area contributed by atoms with Gasteiger partial charge in [0, 0.05) is 16.3 Å². The zero-order valence-electron chi connectivity index (χ0n) is 12.3. The first-order valence-electron chi connectivity index (χ1n) is 7.16. The molecule has 1 aromatic carbocycles. The molecule has 2 aromatic heterocycles. The van der Waals surface area contributed by atoms with Crippen LogP contribution in [0.2, 0.25) is 0 Å². The Bertz CT molecular complexity index is 699. The van der Waals surface area contributed by atoms with Crippen molar-refractivity contribution < 1.29 is 4.42 Å². The van der Waals surface area contributed by atoms with Gasteiger partial charge in [-0.05, 0) is 43.7 Å². The van der Waals surface area contributed by atoms with E-state index in [0.29, 0.717) is 0 Å². The molecule has 1 N–H and O–H groups in total. The summed E-state index contributed by atoms with van der Waals surface area (Å²) in [5.41, 5.74) is 1.28. The van der Waals surface area contributed by atoms with Crippen molar-refractivity contribution in [3.8, 4) is 10.4 Å². The summed E-state index contributed by atoms with van der Waals surface area (Å²) in [5, 5.41) is 3.51. The van der Waals surface area contributed by atoms with Gasteiger partial charge in [0.25, 0.3) is 0 Å². The molecule has 1 unspecified atom stereocenters. The lowest BCUT2D eigenvalue weighted by Crippen LogP contribution is -2.16. The van der Waals surface area contributed by atoms with Crippen LogP contribution >= 0.6 is 11.3 Å². The quantitative estimate of drug-likeness (QED) is 0.703. The summed E-state index contributed by atoms with van der Waals surface area (Å²) in [7, 11) is 0. The summed E-state index contributed by atoms with van der Waals surface area (Å²) < 4.78 is 5.65. The first-order chi connectivity index (χ1) is 10.2. The van der Waals surface area contributed by atoms with Crippen molar-refractivity contribution in [1.29, 1.82) is 0 Å². The molecule has 0 spiro atoms. The molecule has 0 saturated heterocycles. The van der Waals surface area contributed by atoms with E-state index >= 15 is 0 Å². The Balaban J connectivity index is 1.63. The van der Waals surface area contributed by atoms with Gasteiger partial charge in [-0.15, -0.1) is 11.3 Å². The molecular weight excluding hydrogens is 278 g/mol. The van der Waals surface area contributed by atoms with Crippen molar-refractivity contribution >= 4 is 11.3 Å². The fourth-order valence-corrected chi connectivity index (χ4v) is 3.23. The van der Waals surface area contributed by atoms with Crippen LogP contribution in [0, 0.1) is 6.92 Å². The van der Waals surface area contributed by atoms with Crippen LogP contribution in [0.4, 0.5) is 0 Å². The minimum absolute atomic E-state index is 0.223. The third-order valence-corrected chi connectivity index (χ3v) is 4.62. The molecule has 0 bridgehead atoms. The fourth-order valence-electron chi connectivity index (χ4n) is 2.27. The molecule has 0 radical (unpaired) electrons. The number of aryl methyl sites for hydroxylation is 1. The second-order valence-electron chi connectivity index (χ2n) is 5.18. The molecule has 2 nitrogen and oxygen atoms in total. The molecule has 0 aliphatic carbocycles. The molecule has 2 heterocycles. The highest BCUT2D eigenvalue weighted by molar-refractivity contribution is 7.15. The van der Waals surface area contributed by atoms with Crippen molar-refractivity contribution in [2.75, 3.05) is 0 Å². The van der Waals surface area contributed by atoms with E-state index in [-0.39, 0.29) is 6.04 Å². The van der Waals surface area contributed by atoms with E-state index in [2.05, 4.69) is 48.6 Å². The van der Waals surface area contributed by atoms with Crippen LogP contribution in [0.5, 0.6) is 0 Å². The summed E-state index contributed by atoms with van der Waals surface area (Å²) in [6.07, 6.45) is 0. The van der Waals surface area contributed by atoms with Gasteiger partial charge in [-0.25, -0.2) is 0 Å². The standard InChI is InChI=1S/C18H19NOS/c1-13-8-10-17(20-13)14(2)19-12-16-9-11-18(21-16)15-6-4-3-5-7-15/h3-11,14,19H,12H2,1-2H3. The number of thiophene rings is 1. The second kappa shape index (κ2) is 6.29. The summed E-state index contributed by atoms with van der Waals surface area (Å²) in [4.78, 5) is 2.65. The van der Waals surface area contributed by atoms with Gasteiger partial charge in [-0.1, -0.05) is 30.3 Å². The predicted molar refractivity (Wildman–Crippen MR) is 88.5 cm³/mol. The van der Waals surface area contributed by atoms with Gasteiger partial charge >= 0.3 is 0 Å². The van der Waals surface area contributed by atoms with Crippen molar-refractivity contribution in [2.45, 2.75) is 26.4 Å². The van der Waals surface area contributed by atoms with E-state index in [9.17, 15) is 0 Å². The van der Waals surface area contributed by atoms with Gasteiger partial charge in [0.15, 0.2) is 0 Å². The number of hydrogen-bond donors (Lipinski definition) is 1. The molecule has 3 heteroatoms. The summed E-state index contributed by atoms with van der Waals surface area (Å²) >= 11 is 1.84. The lowest BCUT2D eigenvalue weighted by atomic mass is 10.2. The van der Waals surface area contributed by atoms with Crippen LogP contribution in [-0.4, -0.2) is 0 Å². The normalized spacial score (nSPS) is 12.5. The summed E-state index contributed by atoms with van der Waals surface area (Å²) in [6.45, 7) is 4.96. The molecule has 0 fully saturated rings. The van der Waals surface area contributed by atoms with Crippen LogP contribution in [0.3, 0.4) is 0 Å². The van der Waals surface area contributed by atoms with E-state index in [1.165, 1.54) is 15.3 Å². The van der Waals surface area contributed by atoms with E-state index < -0.39 is 0 Å². The van der Waals surface area contributed by atoms with Crippen molar-refractivity contribution in [2.24, 2.45) is 0 Å². The number of rotatable bonds is 5. The van der Waals surface area contributed by atoms with Crippen molar-refractivity contribution in [3.63, 3.8) is 0 Å². The van der Waals surface area contributed by atoms with Crippen molar-refractivity contribution in [1.82, 2.24) is 5.32 Å². The maximum Gasteiger partial charge on any atom is 0.120 e. The van der Waals surface area contributed by atoms with Crippen LogP contribution in [-0.2, 0) is 6.54 Å². The first-order valence-corrected chi connectivity index (χ1v) is 7.98. The highest BCUT2D eigenvalue weighted by Gasteiger charge is 2.09. The Labute approximate surface area is 129 Å². The Morgan fingerprint density at radius 3 is 2.57 bits per heavy atom. The first kappa shape index (κ1) is 14.1. The highest BCUT2D eigenvalue weighted by Crippen LogP contribution is 2.28.